The summed E-state index contributed by atoms with van der Waals surface area (Å²) in [5.74, 6) is -0.139. The summed E-state index contributed by atoms with van der Waals surface area (Å²) in [7, 11) is 0. The van der Waals surface area contributed by atoms with E-state index in [4.69, 9.17) is 10.5 Å². The minimum absolute atomic E-state index is 0.0306. The highest BCUT2D eigenvalue weighted by molar-refractivity contribution is 5.59. The van der Waals surface area contributed by atoms with Gasteiger partial charge in [-0.2, -0.15) is 10.5 Å². The highest BCUT2D eigenvalue weighted by Gasteiger charge is 2.32. The van der Waals surface area contributed by atoms with E-state index >= 15 is 0 Å². The first-order valence-corrected chi connectivity index (χ1v) is 7.74. The van der Waals surface area contributed by atoms with Crippen molar-refractivity contribution in [3.8, 4) is 12.1 Å². The third-order valence-corrected chi connectivity index (χ3v) is 3.93. The van der Waals surface area contributed by atoms with Crippen LogP contribution in [0.15, 0.2) is 89.5 Å². The van der Waals surface area contributed by atoms with E-state index in [-0.39, 0.29) is 11.5 Å². The molecule has 0 amide bonds. The first-order chi connectivity index (χ1) is 12.2. The number of rotatable bonds is 3. The van der Waals surface area contributed by atoms with Gasteiger partial charge >= 0.3 is 0 Å². The number of hydrogen-bond acceptors (Lipinski definition) is 4. The van der Waals surface area contributed by atoms with Crippen LogP contribution in [0.1, 0.15) is 17.0 Å². The summed E-state index contributed by atoms with van der Waals surface area (Å²) in [5, 5.41) is 19.2. The number of ether oxygens (including phenoxy) is 1. The van der Waals surface area contributed by atoms with Crippen LogP contribution in [0.4, 0.5) is 0 Å². The third-order valence-electron chi connectivity index (χ3n) is 3.93. The van der Waals surface area contributed by atoms with Crippen LogP contribution in [0.5, 0.6) is 0 Å². The molecule has 0 saturated carbocycles. The average Bonchev–Trinajstić information content (AvgIpc) is 2.67. The van der Waals surface area contributed by atoms with Crippen molar-refractivity contribution in [3.05, 3.63) is 101 Å². The molecule has 1 heterocycles. The van der Waals surface area contributed by atoms with E-state index < -0.39 is 5.92 Å². The van der Waals surface area contributed by atoms with Crippen molar-refractivity contribution in [2.24, 2.45) is 5.73 Å². The second kappa shape index (κ2) is 7.21. The van der Waals surface area contributed by atoms with Crippen LogP contribution in [-0.2, 0) is 4.74 Å². The van der Waals surface area contributed by atoms with Gasteiger partial charge in [0.2, 0.25) is 5.88 Å². The number of allylic oxidation sites excluding steroid dienone is 3. The van der Waals surface area contributed by atoms with Crippen LogP contribution in [-0.4, -0.2) is 0 Å². The molecular weight excluding hydrogens is 310 g/mol. The Bertz CT molecular complexity index is 942. The van der Waals surface area contributed by atoms with E-state index in [0.29, 0.717) is 11.3 Å². The Morgan fingerprint density at radius 1 is 0.840 bits per heavy atom. The minimum atomic E-state index is -0.527. The molecule has 0 spiro atoms. The molecule has 3 rings (SSSR count). The first-order valence-electron chi connectivity index (χ1n) is 7.74. The Balaban J connectivity index is 2.08. The number of nitriles is 2. The van der Waals surface area contributed by atoms with Gasteiger partial charge in [0.05, 0.1) is 17.6 Å². The highest BCUT2D eigenvalue weighted by atomic mass is 16.5. The summed E-state index contributed by atoms with van der Waals surface area (Å²) in [4.78, 5) is 0. The summed E-state index contributed by atoms with van der Waals surface area (Å²) in [5.41, 5.74) is 8.36. The lowest BCUT2D eigenvalue weighted by atomic mass is 9.83. The van der Waals surface area contributed by atoms with Gasteiger partial charge in [-0.05, 0) is 17.2 Å². The number of hydrogen-bond donors (Lipinski definition) is 1. The van der Waals surface area contributed by atoms with Crippen molar-refractivity contribution in [2.75, 3.05) is 0 Å². The Labute approximate surface area is 146 Å². The molecule has 1 aliphatic rings. The van der Waals surface area contributed by atoms with Crippen LogP contribution in [0.25, 0.3) is 6.08 Å². The number of nitrogens with two attached hydrogens (primary N) is 1. The van der Waals surface area contributed by atoms with Crippen molar-refractivity contribution in [1.82, 2.24) is 0 Å². The van der Waals surface area contributed by atoms with E-state index in [9.17, 15) is 10.5 Å². The van der Waals surface area contributed by atoms with Gasteiger partial charge in [0.1, 0.15) is 17.4 Å². The van der Waals surface area contributed by atoms with Gasteiger partial charge in [0, 0.05) is 0 Å². The zero-order valence-electron chi connectivity index (χ0n) is 13.4. The third kappa shape index (κ3) is 3.29. The summed E-state index contributed by atoms with van der Waals surface area (Å²) >= 11 is 0. The fourth-order valence-electron chi connectivity index (χ4n) is 2.74. The summed E-state index contributed by atoms with van der Waals surface area (Å²) in [6.45, 7) is 0. The fourth-order valence-corrected chi connectivity index (χ4v) is 2.74. The molecule has 2 aromatic carbocycles. The van der Waals surface area contributed by atoms with E-state index in [2.05, 4.69) is 12.1 Å². The molecule has 2 N–H and O–H groups in total. The predicted molar refractivity (Wildman–Crippen MR) is 95.2 cm³/mol. The van der Waals surface area contributed by atoms with Crippen molar-refractivity contribution in [1.29, 1.82) is 10.5 Å². The van der Waals surface area contributed by atoms with Gasteiger partial charge in [0.15, 0.2) is 0 Å². The largest absolute Gasteiger partial charge is 0.439 e. The lowest BCUT2D eigenvalue weighted by molar-refractivity contribution is 0.296. The molecule has 4 heteroatoms. The Morgan fingerprint density at radius 2 is 1.44 bits per heavy atom. The minimum Gasteiger partial charge on any atom is -0.439 e. The van der Waals surface area contributed by atoms with Crippen molar-refractivity contribution >= 4 is 6.08 Å². The smallest absolute Gasteiger partial charge is 0.205 e. The van der Waals surface area contributed by atoms with Crippen molar-refractivity contribution in [3.63, 3.8) is 0 Å². The average molecular weight is 325 g/mol. The van der Waals surface area contributed by atoms with Gasteiger partial charge in [-0.25, -0.2) is 0 Å². The van der Waals surface area contributed by atoms with Crippen LogP contribution in [0, 0.1) is 22.7 Å². The monoisotopic (exact) mass is 325 g/mol. The Kier molecular flexibility index (Phi) is 4.65. The van der Waals surface area contributed by atoms with Crippen molar-refractivity contribution < 1.29 is 4.74 Å². The zero-order chi connectivity index (χ0) is 17.6. The topological polar surface area (TPSA) is 82.8 Å². The van der Waals surface area contributed by atoms with E-state index in [1.54, 1.807) is 6.08 Å². The molecule has 0 aromatic heterocycles. The lowest BCUT2D eigenvalue weighted by Gasteiger charge is -2.24. The predicted octanol–water partition coefficient (Wildman–Crippen LogP) is 3.99. The number of nitrogens with zero attached hydrogens (tertiary/aromatic N) is 2. The maximum Gasteiger partial charge on any atom is 0.205 e. The molecule has 4 nitrogen and oxygen atoms in total. The molecule has 1 atom stereocenters. The Hall–Kier alpha value is -3.76. The van der Waals surface area contributed by atoms with Crippen LogP contribution < -0.4 is 5.73 Å². The molecule has 1 unspecified atom stereocenters. The molecule has 0 saturated heterocycles. The van der Waals surface area contributed by atoms with Gasteiger partial charge in [0.25, 0.3) is 0 Å². The van der Waals surface area contributed by atoms with Gasteiger partial charge in [-0.15, -0.1) is 0 Å². The molecular formula is C21H15N3O. The molecule has 1 aliphatic heterocycles. The maximum absolute atomic E-state index is 9.70. The van der Waals surface area contributed by atoms with E-state index in [0.717, 1.165) is 11.1 Å². The lowest BCUT2D eigenvalue weighted by Crippen LogP contribution is -2.19. The first kappa shape index (κ1) is 16.1. The second-order valence-electron chi connectivity index (χ2n) is 5.47. The molecule has 0 aliphatic carbocycles. The van der Waals surface area contributed by atoms with Gasteiger partial charge in [-0.3, -0.25) is 0 Å². The van der Waals surface area contributed by atoms with Gasteiger partial charge < -0.3 is 10.5 Å². The molecule has 120 valence electrons. The second-order valence-corrected chi connectivity index (χ2v) is 5.47. The van der Waals surface area contributed by atoms with Crippen LogP contribution in [0.2, 0.25) is 0 Å². The molecule has 0 radical (unpaired) electrons. The quantitative estimate of drug-likeness (QED) is 0.925. The van der Waals surface area contributed by atoms with Crippen LogP contribution >= 0.6 is 0 Å². The van der Waals surface area contributed by atoms with Crippen molar-refractivity contribution in [2.45, 2.75) is 5.92 Å². The van der Waals surface area contributed by atoms with E-state index in [1.165, 1.54) is 0 Å². The standard InChI is InChI=1S/C21H15N3O/c22-13-17-19(12-11-15-7-3-1-4-8-15)25-21(24)18(14-23)20(17)16-9-5-2-6-10-16/h1-12,20H,24H2. The maximum atomic E-state index is 9.70. The normalized spacial score (nSPS) is 17.1. The summed E-state index contributed by atoms with van der Waals surface area (Å²) in [6, 6.07) is 23.3. The summed E-state index contributed by atoms with van der Waals surface area (Å²) < 4.78 is 5.57. The highest BCUT2D eigenvalue weighted by Crippen LogP contribution is 2.39. The molecule has 2 aromatic rings. The number of benzene rings is 2. The summed E-state index contributed by atoms with van der Waals surface area (Å²) in [6.07, 6.45) is 3.56. The van der Waals surface area contributed by atoms with Crippen LogP contribution in [0.3, 0.4) is 0 Å². The molecule has 25 heavy (non-hydrogen) atoms. The SMILES string of the molecule is N#CC1=C(N)OC(C=Cc2ccccc2)=C(C#N)C1c1ccccc1. The Morgan fingerprint density at radius 3 is 2.04 bits per heavy atom. The zero-order valence-corrected chi connectivity index (χ0v) is 13.4. The van der Waals surface area contributed by atoms with E-state index in [1.807, 2.05) is 66.7 Å². The molecule has 0 bridgehead atoms. The molecule has 0 fully saturated rings. The fraction of sp³-hybridized carbons (Fsp3) is 0.0476. The van der Waals surface area contributed by atoms with Gasteiger partial charge in [-0.1, -0.05) is 66.7 Å².